The summed E-state index contributed by atoms with van der Waals surface area (Å²) in [6, 6.07) is 5.97. The van der Waals surface area contributed by atoms with Gasteiger partial charge in [-0.05, 0) is 47.5 Å². The molecule has 0 fully saturated rings. The molecule has 0 aliphatic heterocycles. The molecule has 0 unspecified atom stereocenters. The lowest BCUT2D eigenvalue weighted by Gasteiger charge is -2.11. The van der Waals surface area contributed by atoms with E-state index in [-0.39, 0.29) is 5.69 Å². The van der Waals surface area contributed by atoms with Gasteiger partial charge in [-0.3, -0.25) is 4.98 Å². The molecular weight excluding hydrogens is 325 g/mol. The SMILES string of the molecule is Cc1cccc(NC(=O)Nc2ccnc(C)c2Br)c1F. The minimum absolute atomic E-state index is 0.143. The van der Waals surface area contributed by atoms with E-state index in [2.05, 4.69) is 31.5 Å². The monoisotopic (exact) mass is 337 g/mol. The van der Waals surface area contributed by atoms with E-state index in [9.17, 15) is 9.18 Å². The normalized spacial score (nSPS) is 10.2. The largest absolute Gasteiger partial charge is 0.323 e. The smallest absolute Gasteiger partial charge is 0.306 e. The van der Waals surface area contributed by atoms with Crippen LogP contribution in [0.15, 0.2) is 34.9 Å². The molecule has 1 heterocycles. The highest BCUT2D eigenvalue weighted by Gasteiger charge is 2.10. The summed E-state index contributed by atoms with van der Waals surface area (Å²) in [6.07, 6.45) is 1.59. The Hall–Kier alpha value is -1.95. The highest BCUT2D eigenvalue weighted by molar-refractivity contribution is 9.10. The summed E-state index contributed by atoms with van der Waals surface area (Å²) in [4.78, 5) is 16.0. The van der Waals surface area contributed by atoms with Crippen LogP contribution in [-0.2, 0) is 0 Å². The van der Waals surface area contributed by atoms with E-state index in [1.165, 1.54) is 6.07 Å². The molecule has 0 aliphatic carbocycles. The number of urea groups is 1. The van der Waals surface area contributed by atoms with E-state index in [1.807, 2.05) is 6.92 Å². The maximum atomic E-state index is 13.8. The number of rotatable bonds is 2. The Balaban J connectivity index is 2.13. The van der Waals surface area contributed by atoms with Gasteiger partial charge in [0, 0.05) is 6.20 Å². The summed E-state index contributed by atoms with van der Waals surface area (Å²) >= 11 is 3.34. The first-order valence-corrected chi connectivity index (χ1v) is 6.72. The minimum atomic E-state index is -0.513. The second-order valence-corrected chi connectivity index (χ2v) is 5.07. The second-order valence-electron chi connectivity index (χ2n) is 4.27. The molecule has 2 aromatic rings. The molecule has 1 aromatic carbocycles. The Morgan fingerprint density at radius 2 is 1.90 bits per heavy atom. The molecule has 1 aromatic heterocycles. The van der Waals surface area contributed by atoms with Crippen molar-refractivity contribution in [2.24, 2.45) is 0 Å². The van der Waals surface area contributed by atoms with Crippen LogP contribution >= 0.6 is 15.9 Å². The average molecular weight is 338 g/mol. The van der Waals surface area contributed by atoms with E-state index in [0.29, 0.717) is 15.7 Å². The van der Waals surface area contributed by atoms with Crippen LogP contribution in [0.25, 0.3) is 0 Å². The molecule has 2 rings (SSSR count). The first-order valence-electron chi connectivity index (χ1n) is 5.93. The zero-order chi connectivity index (χ0) is 14.7. The molecule has 0 spiro atoms. The maximum absolute atomic E-state index is 13.8. The Morgan fingerprint density at radius 1 is 1.20 bits per heavy atom. The summed E-state index contributed by atoms with van der Waals surface area (Å²) in [7, 11) is 0. The van der Waals surface area contributed by atoms with Crippen molar-refractivity contribution in [2.45, 2.75) is 13.8 Å². The third-order valence-electron chi connectivity index (χ3n) is 2.75. The molecule has 4 nitrogen and oxygen atoms in total. The van der Waals surface area contributed by atoms with Crippen LogP contribution in [0, 0.1) is 19.7 Å². The number of benzene rings is 1. The Bertz CT molecular complexity index is 605. The van der Waals surface area contributed by atoms with Crippen LogP contribution in [0.2, 0.25) is 0 Å². The molecule has 6 heteroatoms. The fraction of sp³-hybridized carbons (Fsp3) is 0.143. The van der Waals surface area contributed by atoms with Crippen LogP contribution in [0.5, 0.6) is 0 Å². The van der Waals surface area contributed by atoms with Gasteiger partial charge in [0.1, 0.15) is 5.82 Å². The van der Waals surface area contributed by atoms with E-state index in [1.54, 1.807) is 31.3 Å². The quantitative estimate of drug-likeness (QED) is 0.860. The summed E-state index contributed by atoms with van der Waals surface area (Å²) < 4.78 is 14.5. The lowest BCUT2D eigenvalue weighted by Crippen LogP contribution is -2.20. The number of pyridine rings is 1. The summed E-state index contributed by atoms with van der Waals surface area (Å²) in [6.45, 7) is 3.45. The topological polar surface area (TPSA) is 54.0 Å². The molecule has 104 valence electrons. The van der Waals surface area contributed by atoms with Crippen molar-refractivity contribution in [1.29, 1.82) is 0 Å². The standard InChI is InChI=1S/C14H13BrFN3O/c1-8-4-3-5-11(13(8)16)19-14(20)18-10-6-7-17-9(2)12(10)15/h3-7H,1-2H3,(H2,17,18,19,20). The van der Waals surface area contributed by atoms with E-state index in [4.69, 9.17) is 0 Å². The minimum Gasteiger partial charge on any atom is -0.306 e. The van der Waals surface area contributed by atoms with Gasteiger partial charge in [-0.2, -0.15) is 0 Å². The first kappa shape index (κ1) is 14.5. The fourth-order valence-corrected chi connectivity index (χ4v) is 2.00. The number of nitrogens with zero attached hydrogens (tertiary/aromatic N) is 1. The Kier molecular flexibility index (Phi) is 4.34. The van der Waals surface area contributed by atoms with Crippen molar-refractivity contribution in [3.63, 3.8) is 0 Å². The lowest BCUT2D eigenvalue weighted by atomic mass is 10.2. The van der Waals surface area contributed by atoms with Crippen molar-refractivity contribution in [3.05, 3.63) is 52.0 Å². The number of nitrogens with one attached hydrogen (secondary N) is 2. The molecule has 0 radical (unpaired) electrons. The van der Waals surface area contributed by atoms with Gasteiger partial charge in [-0.25, -0.2) is 9.18 Å². The molecule has 0 saturated carbocycles. The van der Waals surface area contributed by atoms with Crippen LogP contribution in [0.3, 0.4) is 0 Å². The van der Waals surface area contributed by atoms with Crippen molar-refractivity contribution in [1.82, 2.24) is 4.98 Å². The number of hydrogen-bond acceptors (Lipinski definition) is 2. The van der Waals surface area contributed by atoms with Gasteiger partial charge in [-0.1, -0.05) is 12.1 Å². The van der Waals surface area contributed by atoms with Gasteiger partial charge < -0.3 is 10.6 Å². The average Bonchev–Trinajstić information content (AvgIpc) is 2.40. The molecule has 0 atom stereocenters. The maximum Gasteiger partial charge on any atom is 0.323 e. The predicted octanol–water partition coefficient (Wildman–Crippen LogP) is 4.24. The summed E-state index contributed by atoms with van der Waals surface area (Å²) in [5, 5.41) is 5.12. The van der Waals surface area contributed by atoms with Crippen LogP contribution in [0.1, 0.15) is 11.3 Å². The number of hydrogen-bond donors (Lipinski definition) is 2. The molecule has 0 saturated heterocycles. The molecule has 0 aliphatic rings. The van der Waals surface area contributed by atoms with Crippen LogP contribution in [-0.4, -0.2) is 11.0 Å². The second kappa shape index (κ2) is 6.00. The third kappa shape index (κ3) is 3.14. The van der Waals surface area contributed by atoms with Gasteiger partial charge in [0.15, 0.2) is 0 Å². The number of amides is 2. The van der Waals surface area contributed by atoms with Crippen molar-refractivity contribution in [3.8, 4) is 0 Å². The highest BCUT2D eigenvalue weighted by atomic mass is 79.9. The number of carbonyl (C=O) groups is 1. The van der Waals surface area contributed by atoms with Crippen molar-refractivity contribution >= 4 is 33.3 Å². The van der Waals surface area contributed by atoms with Gasteiger partial charge in [0.2, 0.25) is 0 Å². The predicted molar refractivity (Wildman–Crippen MR) is 80.5 cm³/mol. The highest BCUT2D eigenvalue weighted by Crippen LogP contribution is 2.24. The summed E-state index contributed by atoms with van der Waals surface area (Å²) in [5.74, 6) is -0.437. The Labute approximate surface area is 124 Å². The lowest BCUT2D eigenvalue weighted by molar-refractivity contribution is 0.262. The third-order valence-corrected chi connectivity index (χ3v) is 3.75. The summed E-state index contributed by atoms with van der Waals surface area (Å²) in [5.41, 5.74) is 1.95. The van der Waals surface area contributed by atoms with E-state index >= 15 is 0 Å². The van der Waals surface area contributed by atoms with Gasteiger partial charge in [0.05, 0.1) is 21.5 Å². The van der Waals surface area contributed by atoms with Crippen LogP contribution in [0.4, 0.5) is 20.6 Å². The van der Waals surface area contributed by atoms with Gasteiger partial charge >= 0.3 is 6.03 Å². The molecule has 20 heavy (non-hydrogen) atoms. The van der Waals surface area contributed by atoms with Gasteiger partial charge in [0.25, 0.3) is 0 Å². The van der Waals surface area contributed by atoms with E-state index in [0.717, 1.165) is 5.69 Å². The number of halogens is 2. The van der Waals surface area contributed by atoms with Gasteiger partial charge in [-0.15, -0.1) is 0 Å². The zero-order valence-electron chi connectivity index (χ0n) is 11.0. The number of aryl methyl sites for hydroxylation is 2. The number of anilines is 2. The Morgan fingerprint density at radius 3 is 2.65 bits per heavy atom. The molecule has 2 N–H and O–H groups in total. The molecular formula is C14H13BrFN3O. The van der Waals surface area contributed by atoms with Crippen molar-refractivity contribution < 1.29 is 9.18 Å². The van der Waals surface area contributed by atoms with Crippen molar-refractivity contribution in [2.75, 3.05) is 10.6 Å². The molecule has 0 bridgehead atoms. The number of aromatic nitrogens is 1. The first-order chi connectivity index (χ1) is 9.49. The zero-order valence-corrected chi connectivity index (χ0v) is 12.6. The van der Waals surface area contributed by atoms with E-state index < -0.39 is 11.8 Å². The van der Waals surface area contributed by atoms with Crippen LogP contribution < -0.4 is 10.6 Å². The molecule has 2 amide bonds. The number of carbonyl (C=O) groups excluding carboxylic acids is 1. The fourth-order valence-electron chi connectivity index (χ4n) is 1.66.